The number of carbonyl (C=O) groups excluding carboxylic acids is 1. The van der Waals surface area contributed by atoms with Gasteiger partial charge in [0.1, 0.15) is 0 Å². The fraction of sp³-hybridized carbons (Fsp3) is 0.273. The lowest BCUT2D eigenvalue weighted by molar-refractivity contribution is -0.116. The third-order valence-corrected chi connectivity index (χ3v) is 4.31. The van der Waals surface area contributed by atoms with E-state index in [-0.39, 0.29) is 5.91 Å². The van der Waals surface area contributed by atoms with E-state index in [1.165, 1.54) is 6.08 Å². The molecule has 2 heterocycles. The van der Waals surface area contributed by atoms with Gasteiger partial charge in [-0.05, 0) is 42.8 Å². The quantitative estimate of drug-likeness (QED) is 0.564. The molecule has 29 heavy (non-hydrogen) atoms. The summed E-state index contributed by atoms with van der Waals surface area (Å²) in [5.41, 5.74) is 2.52. The number of nitrogens with zero attached hydrogens (tertiary/aromatic N) is 2. The molecule has 0 aliphatic carbocycles. The zero-order valence-electron chi connectivity index (χ0n) is 16.8. The highest BCUT2D eigenvalue weighted by Crippen LogP contribution is 2.27. The fourth-order valence-corrected chi connectivity index (χ4v) is 2.93. The van der Waals surface area contributed by atoms with Crippen LogP contribution in [0.25, 0.3) is 11.7 Å². The number of hydrogen-bond donors (Lipinski definition) is 1. The van der Waals surface area contributed by atoms with Crippen molar-refractivity contribution in [3.05, 3.63) is 60.1 Å². The molecular weight excluding hydrogens is 370 g/mol. The summed E-state index contributed by atoms with van der Waals surface area (Å²) in [5.74, 6) is 1.85. The SMILES string of the molecule is CCOc1cccn2cc(CCNC(=O)/C=C/c3ccc(OC)c(OC)c3)nc12. The second-order valence-electron chi connectivity index (χ2n) is 6.26. The summed E-state index contributed by atoms with van der Waals surface area (Å²) in [5, 5.41) is 2.87. The van der Waals surface area contributed by atoms with Crippen molar-refractivity contribution in [2.24, 2.45) is 0 Å². The number of rotatable bonds is 9. The number of carbonyl (C=O) groups is 1. The van der Waals surface area contributed by atoms with Gasteiger partial charge in [0.15, 0.2) is 22.9 Å². The van der Waals surface area contributed by atoms with Gasteiger partial charge in [0.25, 0.3) is 0 Å². The highest BCUT2D eigenvalue weighted by atomic mass is 16.5. The summed E-state index contributed by atoms with van der Waals surface area (Å²) >= 11 is 0. The van der Waals surface area contributed by atoms with Crippen molar-refractivity contribution in [1.82, 2.24) is 14.7 Å². The van der Waals surface area contributed by atoms with E-state index in [2.05, 4.69) is 10.3 Å². The summed E-state index contributed by atoms with van der Waals surface area (Å²) in [7, 11) is 3.16. The molecule has 0 saturated carbocycles. The third-order valence-electron chi connectivity index (χ3n) is 4.31. The van der Waals surface area contributed by atoms with Gasteiger partial charge in [-0.25, -0.2) is 4.98 Å². The van der Waals surface area contributed by atoms with E-state index in [1.54, 1.807) is 26.4 Å². The molecule has 0 spiro atoms. The Balaban J connectivity index is 1.55. The number of pyridine rings is 1. The van der Waals surface area contributed by atoms with Crippen molar-refractivity contribution in [3.63, 3.8) is 0 Å². The third kappa shape index (κ3) is 5.07. The first-order valence-corrected chi connectivity index (χ1v) is 9.42. The maximum absolute atomic E-state index is 12.1. The molecule has 1 N–H and O–H groups in total. The molecule has 3 aromatic rings. The Labute approximate surface area is 169 Å². The van der Waals surface area contributed by atoms with E-state index >= 15 is 0 Å². The molecule has 2 aromatic heterocycles. The molecule has 7 heteroatoms. The smallest absolute Gasteiger partial charge is 0.244 e. The van der Waals surface area contributed by atoms with Gasteiger partial charge in [-0.1, -0.05) is 6.07 Å². The number of aromatic nitrogens is 2. The second-order valence-corrected chi connectivity index (χ2v) is 6.26. The molecule has 0 aliphatic heterocycles. The minimum absolute atomic E-state index is 0.168. The summed E-state index contributed by atoms with van der Waals surface area (Å²) in [6, 6.07) is 9.30. The predicted octanol–water partition coefficient (Wildman–Crippen LogP) is 3.12. The van der Waals surface area contributed by atoms with Crippen molar-refractivity contribution in [3.8, 4) is 17.2 Å². The maximum Gasteiger partial charge on any atom is 0.244 e. The largest absolute Gasteiger partial charge is 0.493 e. The molecule has 0 fully saturated rings. The number of hydrogen-bond acceptors (Lipinski definition) is 5. The first-order valence-electron chi connectivity index (χ1n) is 9.42. The number of benzene rings is 1. The minimum Gasteiger partial charge on any atom is -0.493 e. The van der Waals surface area contributed by atoms with E-state index in [0.717, 1.165) is 22.7 Å². The lowest BCUT2D eigenvalue weighted by Gasteiger charge is -2.07. The molecule has 7 nitrogen and oxygen atoms in total. The number of ether oxygens (including phenoxy) is 3. The number of fused-ring (bicyclic) bond motifs is 1. The summed E-state index contributed by atoms with van der Waals surface area (Å²) < 4.78 is 18.0. The van der Waals surface area contributed by atoms with Gasteiger partial charge in [-0.2, -0.15) is 0 Å². The number of imidazole rings is 1. The first kappa shape index (κ1) is 20.3. The van der Waals surface area contributed by atoms with Crippen LogP contribution in [0.15, 0.2) is 48.8 Å². The highest BCUT2D eigenvalue weighted by Gasteiger charge is 2.07. The standard InChI is InChI=1S/C22H25N3O4/c1-4-29-19-6-5-13-25-15-17(24-22(19)25)11-12-23-21(26)10-8-16-7-9-18(27-2)20(14-16)28-3/h5-10,13-15H,4,11-12H2,1-3H3,(H,23,26)/b10-8+. The highest BCUT2D eigenvalue weighted by molar-refractivity contribution is 5.91. The Morgan fingerprint density at radius 1 is 1.17 bits per heavy atom. The zero-order chi connectivity index (χ0) is 20.6. The van der Waals surface area contributed by atoms with Crippen LogP contribution in [0.2, 0.25) is 0 Å². The van der Waals surface area contributed by atoms with Crippen LogP contribution in [-0.2, 0) is 11.2 Å². The summed E-state index contributed by atoms with van der Waals surface area (Å²) in [4.78, 5) is 16.7. The van der Waals surface area contributed by atoms with E-state index < -0.39 is 0 Å². The minimum atomic E-state index is -0.168. The van der Waals surface area contributed by atoms with Crippen LogP contribution >= 0.6 is 0 Å². The van der Waals surface area contributed by atoms with Crippen LogP contribution in [0.3, 0.4) is 0 Å². The second kappa shape index (κ2) is 9.64. The van der Waals surface area contributed by atoms with Crippen LogP contribution in [-0.4, -0.2) is 42.7 Å². The van der Waals surface area contributed by atoms with Gasteiger partial charge in [0.2, 0.25) is 5.91 Å². The lowest BCUT2D eigenvalue weighted by atomic mass is 10.2. The fourth-order valence-electron chi connectivity index (χ4n) is 2.93. The Hall–Kier alpha value is -3.48. The van der Waals surface area contributed by atoms with Crippen LogP contribution in [0.4, 0.5) is 0 Å². The Bertz CT molecular complexity index is 1010. The van der Waals surface area contributed by atoms with Gasteiger partial charge in [0, 0.05) is 31.4 Å². The first-order chi connectivity index (χ1) is 14.1. The van der Waals surface area contributed by atoms with Crippen molar-refractivity contribution < 1.29 is 19.0 Å². The van der Waals surface area contributed by atoms with Crippen molar-refractivity contribution >= 4 is 17.6 Å². The molecule has 0 bridgehead atoms. The molecule has 0 saturated heterocycles. The predicted molar refractivity (Wildman–Crippen MR) is 112 cm³/mol. The van der Waals surface area contributed by atoms with Crippen molar-refractivity contribution in [1.29, 1.82) is 0 Å². The summed E-state index contributed by atoms with van der Waals surface area (Å²) in [6.07, 6.45) is 7.74. The molecule has 0 atom stereocenters. The van der Waals surface area contributed by atoms with Crippen LogP contribution in [0, 0.1) is 0 Å². The lowest BCUT2D eigenvalue weighted by Crippen LogP contribution is -2.23. The molecule has 1 amide bonds. The van der Waals surface area contributed by atoms with Gasteiger partial charge < -0.3 is 23.9 Å². The molecule has 152 valence electrons. The summed E-state index contributed by atoms with van der Waals surface area (Å²) in [6.45, 7) is 3.02. The monoisotopic (exact) mass is 395 g/mol. The van der Waals surface area contributed by atoms with Crippen molar-refractivity contribution in [2.75, 3.05) is 27.4 Å². The average molecular weight is 395 g/mol. The molecule has 0 radical (unpaired) electrons. The average Bonchev–Trinajstić information content (AvgIpc) is 3.16. The Kier molecular flexibility index (Phi) is 6.73. The Morgan fingerprint density at radius 3 is 2.76 bits per heavy atom. The molecular formula is C22H25N3O4. The number of amides is 1. The molecule has 0 unspecified atom stereocenters. The van der Waals surface area contributed by atoms with Crippen molar-refractivity contribution in [2.45, 2.75) is 13.3 Å². The van der Waals surface area contributed by atoms with Gasteiger partial charge in [-0.15, -0.1) is 0 Å². The van der Waals surface area contributed by atoms with E-state index in [9.17, 15) is 4.79 Å². The van der Waals surface area contributed by atoms with Gasteiger partial charge in [-0.3, -0.25) is 4.79 Å². The van der Waals surface area contributed by atoms with E-state index in [1.807, 2.05) is 48.0 Å². The zero-order valence-corrected chi connectivity index (χ0v) is 16.8. The topological polar surface area (TPSA) is 74.1 Å². The van der Waals surface area contributed by atoms with Gasteiger partial charge in [0.05, 0.1) is 26.5 Å². The van der Waals surface area contributed by atoms with E-state index in [0.29, 0.717) is 31.1 Å². The Morgan fingerprint density at radius 2 is 2.00 bits per heavy atom. The molecule has 3 rings (SSSR count). The van der Waals surface area contributed by atoms with Gasteiger partial charge >= 0.3 is 0 Å². The number of methoxy groups -OCH3 is 2. The van der Waals surface area contributed by atoms with Crippen LogP contribution < -0.4 is 19.5 Å². The van der Waals surface area contributed by atoms with Crippen LogP contribution in [0.5, 0.6) is 17.2 Å². The van der Waals surface area contributed by atoms with Crippen LogP contribution in [0.1, 0.15) is 18.2 Å². The van der Waals surface area contributed by atoms with E-state index in [4.69, 9.17) is 14.2 Å². The maximum atomic E-state index is 12.1. The number of nitrogens with one attached hydrogen (secondary N) is 1. The molecule has 0 aliphatic rings. The molecule has 1 aromatic carbocycles. The normalized spacial score (nSPS) is 11.0.